The third-order valence-electron chi connectivity index (χ3n) is 3.10. The van der Waals surface area contributed by atoms with E-state index in [2.05, 4.69) is 12.2 Å². The Morgan fingerprint density at radius 3 is 2.47 bits per heavy atom. The molecule has 0 aliphatic heterocycles. The van der Waals surface area contributed by atoms with Crippen LogP contribution in [0.4, 0.5) is 0 Å². The Labute approximate surface area is 96.7 Å². The smallest absolute Gasteiger partial charge is 0.0375 e. The van der Waals surface area contributed by atoms with Crippen molar-refractivity contribution in [3.05, 3.63) is 0 Å². The van der Waals surface area contributed by atoms with E-state index < -0.39 is 10.8 Å². The molecule has 1 aliphatic carbocycles. The van der Waals surface area contributed by atoms with Gasteiger partial charge in [0, 0.05) is 33.9 Å². The first-order valence-electron chi connectivity index (χ1n) is 6.01. The average molecular weight is 231 g/mol. The Morgan fingerprint density at radius 1 is 1.33 bits per heavy atom. The standard InChI is InChI=1S/C12H25NOS/c1-10-5-6-11(9-10)13-7-8-15(14)12(2,3)4/h10-11,13H,5-9H2,1-4H3. The summed E-state index contributed by atoms with van der Waals surface area (Å²) < 4.78 is 11.7. The van der Waals surface area contributed by atoms with Gasteiger partial charge in [-0.25, -0.2) is 0 Å². The zero-order valence-electron chi connectivity index (χ0n) is 10.5. The van der Waals surface area contributed by atoms with Gasteiger partial charge in [0.05, 0.1) is 0 Å². The lowest BCUT2D eigenvalue weighted by Gasteiger charge is -2.19. The predicted octanol–water partition coefficient (Wildman–Crippen LogP) is 2.31. The number of nitrogens with one attached hydrogen (secondary N) is 1. The molecule has 3 unspecified atom stereocenters. The summed E-state index contributed by atoms with van der Waals surface area (Å²) in [5.41, 5.74) is 0. The van der Waals surface area contributed by atoms with Gasteiger partial charge in [0.25, 0.3) is 0 Å². The summed E-state index contributed by atoms with van der Waals surface area (Å²) in [6.07, 6.45) is 3.94. The van der Waals surface area contributed by atoms with Crippen molar-refractivity contribution in [3.8, 4) is 0 Å². The number of rotatable bonds is 4. The molecule has 1 saturated carbocycles. The van der Waals surface area contributed by atoms with Crippen LogP contribution < -0.4 is 5.32 Å². The molecule has 1 N–H and O–H groups in total. The summed E-state index contributed by atoms with van der Waals surface area (Å²) in [4.78, 5) is 0. The molecule has 0 aromatic carbocycles. The zero-order valence-corrected chi connectivity index (χ0v) is 11.3. The first kappa shape index (κ1) is 13.2. The van der Waals surface area contributed by atoms with Crippen LogP contribution in [0.1, 0.15) is 47.0 Å². The molecule has 15 heavy (non-hydrogen) atoms. The fraction of sp³-hybridized carbons (Fsp3) is 1.00. The first-order chi connectivity index (χ1) is 6.89. The fourth-order valence-corrected chi connectivity index (χ4v) is 2.97. The van der Waals surface area contributed by atoms with E-state index in [9.17, 15) is 4.21 Å². The van der Waals surface area contributed by atoms with E-state index in [0.29, 0.717) is 6.04 Å². The van der Waals surface area contributed by atoms with Gasteiger partial charge in [-0.15, -0.1) is 0 Å². The van der Waals surface area contributed by atoms with Crippen LogP contribution in [0.3, 0.4) is 0 Å². The maximum atomic E-state index is 11.8. The van der Waals surface area contributed by atoms with Gasteiger partial charge in [-0.05, 0) is 46.0 Å². The minimum atomic E-state index is -0.709. The second kappa shape index (κ2) is 5.44. The van der Waals surface area contributed by atoms with Crippen LogP contribution in [-0.2, 0) is 10.8 Å². The number of hydrogen-bond acceptors (Lipinski definition) is 2. The predicted molar refractivity (Wildman–Crippen MR) is 67.6 cm³/mol. The van der Waals surface area contributed by atoms with Crippen molar-refractivity contribution in [1.29, 1.82) is 0 Å². The third kappa shape index (κ3) is 4.64. The lowest BCUT2D eigenvalue weighted by atomic mass is 10.1. The molecule has 0 bridgehead atoms. The van der Waals surface area contributed by atoms with Gasteiger partial charge in [-0.3, -0.25) is 4.21 Å². The lowest BCUT2D eigenvalue weighted by Crippen LogP contribution is -2.34. The molecule has 0 saturated heterocycles. The Hall–Kier alpha value is 0.110. The summed E-state index contributed by atoms with van der Waals surface area (Å²) in [6.45, 7) is 9.35. The van der Waals surface area contributed by atoms with Gasteiger partial charge in [-0.1, -0.05) is 6.92 Å². The van der Waals surface area contributed by atoms with E-state index in [1.807, 2.05) is 20.8 Å². The van der Waals surface area contributed by atoms with Gasteiger partial charge < -0.3 is 5.32 Å². The minimum Gasteiger partial charge on any atom is -0.313 e. The monoisotopic (exact) mass is 231 g/mol. The van der Waals surface area contributed by atoms with Gasteiger partial charge in [0.1, 0.15) is 0 Å². The largest absolute Gasteiger partial charge is 0.313 e. The molecule has 3 heteroatoms. The summed E-state index contributed by atoms with van der Waals surface area (Å²) in [5, 5.41) is 3.52. The Balaban J connectivity index is 2.14. The Bertz CT molecular complexity index is 222. The molecule has 1 rings (SSSR count). The topological polar surface area (TPSA) is 29.1 Å². The van der Waals surface area contributed by atoms with Crippen LogP contribution in [0.2, 0.25) is 0 Å². The van der Waals surface area contributed by atoms with Gasteiger partial charge >= 0.3 is 0 Å². The molecule has 90 valence electrons. The van der Waals surface area contributed by atoms with Crippen LogP contribution in [0.15, 0.2) is 0 Å². The molecule has 0 radical (unpaired) electrons. The van der Waals surface area contributed by atoms with Crippen LogP contribution in [-0.4, -0.2) is 27.3 Å². The quantitative estimate of drug-likeness (QED) is 0.804. The highest BCUT2D eigenvalue weighted by molar-refractivity contribution is 7.86. The maximum Gasteiger partial charge on any atom is 0.0375 e. The molecule has 0 spiro atoms. The van der Waals surface area contributed by atoms with E-state index >= 15 is 0 Å². The molecule has 0 aromatic rings. The molecule has 0 heterocycles. The van der Waals surface area contributed by atoms with Crippen LogP contribution in [0, 0.1) is 5.92 Å². The summed E-state index contributed by atoms with van der Waals surface area (Å²) in [5.74, 6) is 1.66. The van der Waals surface area contributed by atoms with E-state index in [0.717, 1.165) is 18.2 Å². The van der Waals surface area contributed by atoms with Crippen molar-refractivity contribution in [2.45, 2.75) is 57.7 Å². The third-order valence-corrected chi connectivity index (χ3v) is 5.04. The van der Waals surface area contributed by atoms with E-state index in [-0.39, 0.29) is 4.75 Å². The van der Waals surface area contributed by atoms with Gasteiger partial charge in [0.15, 0.2) is 0 Å². The molecule has 0 aromatic heterocycles. The number of hydrogen-bond donors (Lipinski definition) is 1. The molecule has 2 nitrogen and oxygen atoms in total. The SMILES string of the molecule is CC1CCC(NCCS(=O)C(C)(C)C)C1. The Morgan fingerprint density at radius 2 is 2.00 bits per heavy atom. The van der Waals surface area contributed by atoms with Gasteiger partial charge in [-0.2, -0.15) is 0 Å². The normalized spacial score (nSPS) is 29.3. The maximum absolute atomic E-state index is 11.8. The second-order valence-corrected chi connectivity index (χ2v) is 8.06. The molecule has 3 atom stereocenters. The van der Waals surface area contributed by atoms with Crippen molar-refractivity contribution in [2.75, 3.05) is 12.3 Å². The lowest BCUT2D eigenvalue weighted by molar-refractivity contribution is 0.516. The minimum absolute atomic E-state index is 0.0648. The van der Waals surface area contributed by atoms with Gasteiger partial charge in [0.2, 0.25) is 0 Å². The second-order valence-electron chi connectivity index (χ2n) is 5.73. The van der Waals surface area contributed by atoms with Crippen molar-refractivity contribution in [1.82, 2.24) is 5.32 Å². The summed E-state index contributed by atoms with van der Waals surface area (Å²) in [7, 11) is -0.709. The highest BCUT2D eigenvalue weighted by Gasteiger charge is 2.22. The van der Waals surface area contributed by atoms with Crippen molar-refractivity contribution < 1.29 is 4.21 Å². The van der Waals surface area contributed by atoms with Crippen LogP contribution in [0.25, 0.3) is 0 Å². The summed E-state index contributed by atoms with van der Waals surface area (Å²) in [6, 6.07) is 0.678. The van der Waals surface area contributed by atoms with Crippen molar-refractivity contribution >= 4 is 10.8 Å². The van der Waals surface area contributed by atoms with E-state index in [1.54, 1.807) is 0 Å². The van der Waals surface area contributed by atoms with E-state index in [1.165, 1.54) is 19.3 Å². The van der Waals surface area contributed by atoms with Crippen LogP contribution >= 0.6 is 0 Å². The highest BCUT2D eigenvalue weighted by Crippen LogP contribution is 2.24. The molecule has 0 amide bonds. The van der Waals surface area contributed by atoms with Crippen molar-refractivity contribution in [3.63, 3.8) is 0 Å². The molecule has 1 aliphatic rings. The van der Waals surface area contributed by atoms with E-state index in [4.69, 9.17) is 0 Å². The Kier molecular flexibility index (Phi) is 4.78. The fourth-order valence-electron chi connectivity index (χ4n) is 2.05. The first-order valence-corrected chi connectivity index (χ1v) is 7.33. The molecular formula is C12H25NOS. The molecular weight excluding hydrogens is 206 g/mol. The van der Waals surface area contributed by atoms with Crippen LogP contribution in [0.5, 0.6) is 0 Å². The highest BCUT2D eigenvalue weighted by atomic mass is 32.2. The van der Waals surface area contributed by atoms with Crippen molar-refractivity contribution in [2.24, 2.45) is 5.92 Å². The average Bonchev–Trinajstić information content (AvgIpc) is 2.49. The zero-order chi connectivity index (χ0) is 11.5. The molecule has 1 fully saturated rings. The summed E-state index contributed by atoms with van der Waals surface area (Å²) >= 11 is 0.